The zero-order chi connectivity index (χ0) is 12.5. The van der Waals surface area contributed by atoms with Gasteiger partial charge < -0.3 is 5.73 Å². The van der Waals surface area contributed by atoms with Crippen LogP contribution in [-0.2, 0) is 0 Å². The molecule has 0 saturated heterocycles. The molecule has 3 aromatic rings. The van der Waals surface area contributed by atoms with Gasteiger partial charge in [-0.1, -0.05) is 30.3 Å². The Morgan fingerprint density at radius 2 is 1.83 bits per heavy atom. The zero-order valence-electron chi connectivity index (χ0n) is 9.16. The first-order valence-corrected chi connectivity index (χ1v) is 5.20. The van der Waals surface area contributed by atoms with Crippen LogP contribution in [0.1, 0.15) is 0 Å². The second-order valence-corrected chi connectivity index (χ2v) is 3.62. The Bertz CT molecular complexity index is 767. The maximum Gasteiger partial charge on any atom is 0.280 e. The number of aromatic amines is 1. The maximum atomic E-state index is 11.7. The molecule has 7 nitrogen and oxygen atoms in total. The summed E-state index contributed by atoms with van der Waals surface area (Å²) < 4.78 is 0. The van der Waals surface area contributed by atoms with Gasteiger partial charge in [-0.3, -0.25) is 9.78 Å². The van der Waals surface area contributed by atoms with Crippen molar-refractivity contribution in [2.45, 2.75) is 0 Å². The van der Waals surface area contributed by atoms with E-state index in [1.165, 1.54) is 0 Å². The average molecular weight is 240 g/mol. The molecule has 0 atom stereocenters. The van der Waals surface area contributed by atoms with Crippen molar-refractivity contribution in [1.82, 2.24) is 25.1 Å². The van der Waals surface area contributed by atoms with E-state index in [1.54, 1.807) is 0 Å². The van der Waals surface area contributed by atoms with Crippen LogP contribution in [-0.4, -0.2) is 25.1 Å². The third-order valence-corrected chi connectivity index (χ3v) is 2.38. The van der Waals surface area contributed by atoms with Crippen LogP contribution in [0.3, 0.4) is 0 Å². The number of aromatic nitrogens is 5. The van der Waals surface area contributed by atoms with Gasteiger partial charge in [0.2, 0.25) is 11.6 Å². The monoisotopic (exact) mass is 240 g/mol. The highest BCUT2D eigenvalue weighted by Crippen LogP contribution is 2.13. The quantitative estimate of drug-likeness (QED) is 0.635. The summed E-state index contributed by atoms with van der Waals surface area (Å²) in [5.74, 6) is 0.372. The summed E-state index contributed by atoms with van der Waals surface area (Å²) >= 11 is 0. The highest BCUT2D eigenvalue weighted by Gasteiger charge is 2.08. The van der Waals surface area contributed by atoms with Crippen molar-refractivity contribution in [3.05, 3.63) is 40.7 Å². The third-order valence-electron chi connectivity index (χ3n) is 2.38. The van der Waals surface area contributed by atoms with Crippen LogP contribution in [0.25, 0.3) is 22.6 Å². The lowest BCUT2D eigenvalue weighted by atomic mass is 10.2. The van der Waals surface area contributed by atoms with Crippen LogP contribution in [0.2, 0.25) is 0 Å². The molecule has 1 aromatic carbocycles. The Hall–Kier alpha value is -2.83. The number of benzene rings is 1. The molecule has 0 aliphatic heterocycles. The lowest BCUT2D eigenvalue weighted by Gasteiger charge is -2.00. The van der Waals surface area contributed by atoms with Crippen LogP contribution in [0, 0.1) is 0 Å². The van der Waals surface area contributed by atoms with Crippen molar-refractivity contribution in [3.63, 3.8) is 0 Å². The molecule has 3 rings (SSSR count). The lowest BCUT2D eigenvalue weighted by Crippen LogP contribution is -2.14. The first kappa shape index (κ1) is 10.3. The van der Waals surface area contributed by atoms with Crippen molar-refractivity contribution >= 4 is 17.1 Å². The fraction of sp³-hybridized carbons (Fsp3) is 0. The molecule has 0 amide bonds. The van der Waals surface area contributed by atoms with Gasteiger partial charge in [0.05, 0.1) is 0 Å². The van der Waals surface area contributed by atoms with Crippen molar-refractivity contribution in [2.24, 2.45) is 0 Å². The van der Waals surface area contributed by atoms with Crippen molar-refractivity contribution in [2.75, 3.05) is 5.73 Å². The summed E-state index contributed by atoms with van der Waals surface area (Å²) in [6, 6.07) is 9.26. The molecule has 0 fully saturated rings. The van der Waals surface area contributed by atoms with E-state index in [9.17, 15) is 4.79 Å². The molecule has 7 heteroatoms. The van der Waals surface area contributed by atoms with Crippen LogP contribution in [0.5, 0.6) is 0 Å². The molecule has 0 saturated carbocycles. The van der Waals surface area contributed by atoms with Gasteiger partial charge in [0.25, 0.3) is 5.56 Å². The summed E-state index contributed by atoms with van der Waals surface area (Å²) in [5.41, 5.74) is 6.02. The third kappa shape index (κ3) is 1.67. The molecule has 0 bridgehead atoms. The Labute approximate surface area is 101 Å². The Morgan fingerprint density at radius 3 is 2.61 bits per heavy atom. The number of anilines is 1. The first-order chi connectivity index (χ1) is 8.74. The lowest BCUT2D eigenvalue weighted by molar-refractivity contribution is 0.993. The van der Waals surface area contributed by atoms with Crippen LogP contribution < -0.4 is 11.3 Å². The summed E-state index contributed by atoms with van der Waals surface area (Å²) in [5, 5.41) is 7.78. The Balaban J connectivity index is 2.27. The van der Waals surface area contributed by atoms with E-state index < -0.39 is 5.56 Å². The minimum absolute atomic E-state index is 0.00365. The molecule has 0 aliphatic carbocycles. The largest absolute Gasteiger partial charge is 0.369 e. The van der Waals surface area contributed by atoms with Crippen LogP contribution >= 0.6 is 0 Å². The number of nitrogens with zero attached hydrogens (tertiary/aromatic N) is 4. The Morgan fingerprint density at radius 1 is 1.06 bits per heavy atom. The van der Waals surface area contributed by atoms with E-state index >= 15 is 0 Å². The van der Waals surface area contributed by atoms with E-state index in [4.69, 9.17) is 5.73 Å². The van der Waals surface area contributed by atoms with E-state index in [2.05, 4.69) is 25.1 Å². The standard InChI is InChI=1S/C11H8N6O/c12-11-14-9-7(10(18)15-11)13-8(16-17-9)6-4-2-1-3-5-6/h1-5H,(H3,12,14,15,17,18). The van der Waals surface area contributed by atoms with E-state index in [0.29, 0.717) is 5.82 Å². The molecule has 0 radical (unpaired) electrons. The van der Waals surface area contributed by atoms with Crippen molar-refractivity contribution in [3.8, 4) is 11.4 Å². The molecular weight excluding hydrogens is 232 g/mol. The number of hydrogen-bond donors (Lipinski definition) is 2. The van der Waals surface area contributed by atoms with Gasteiger partial charge in [-0.15, -0.1) is 10.2 Å². The highest BCUT2D eigenvalue weighted by molar-refractivity contribution is 5.71. The average Bonchev–Trinajstić information content (AvgIpc) is 2.39. The number of rotatable bonds is 1. The summed E-state index contributed by atoms with van der Waals surface area (Å²) in [4.78, 5) is 22.1. The molecule has 3 N–H and O–H groups in total. The maximum absolute atomic E-state index is 11.7. The molecule has 88 valence electrons. The number of nitrogen functional groups attached to an aromatic ring is 1. The second kappa shape index (κ2) is 3.88. The molecular formula is C11H8N6O. The molecule has 18 heavy (non-hydrogen) atoms. The highest BCUT2D eigenvalue weighted by atomic mass is 16.1. The molecule has 0 unspecified atom stereocenters. The van der Waals surface area contributed by atoms with Gasteiger partial charge in [0.15, 0.2) is 11.3 Å². The minimum Gasteiger partial charge on any atom is -0.369 e. The van der Waals surface area contributed by atoms with E-state index in [1.807, 2.05) is 30.3 Å². The molecule has 0 aliphatic rings. The minimum atomic E-state index is -0.426. The summed E-state index contributed by atoms with van der Waals surface area (Å²) in [7, 11) is 0. The topological polar surface area (TPSA) is 110 Å². The zero-order valence-corrected chi connectivity index (χ0v) is 9.16. The van der Waals surface area contributed by atoms with Crippen LogP contribution in [0.15, 0.2) is 35.1 Å². The van der Waals surface area contributed by atoms with Crippen LogP contribution in [0.4, 0.5) is 5.95 Å². The van der Waals surface area contributed by atoms with Crippen molar-refractivity contribution < 1.29 is 0 Å². The van der Waals surface area contributed by atoms with Gasteiger partial charge in [0, 0.05) is 5.56 Å². The summed E-state index contributed by atoms with van der Waals surface area (Å²) in [6.07, 6.45) is 0. The fourth-order valence-electron chi connectivity index (χ4n) is 1.58. The summed E-state index contributed by atoms with van der Waals surface area (Å²) in [6.45, 7) is 0. The Kier molecular flexibility index (Phi) is 2.23. The number of fused-ring (bicyclic) bond motifs is 1. The first-order valence-electron chi connectivity index (χ1n) is 5.20. The number of nitrogens with one attached hydrogen (secondary N) is 1. The second-order valence-electron chi connectivity index (χ2n) is 3.62. The van der Waals surface area contributed by atoms with E-state index in [-0.39, 0.29) is 17.1 Å². The number of hydrogen-bond acceptors (Lipinski definition) is 6. The van der Waals surface area contributed by atoms with Gasteiger partial charge in [0.1, 0.15) is 0 Å². The van der Waals surface area contributed by atoms with Gasteiger partial charge in [-0.2, -0.15) is 4.98 Å². The predicted octanol–water partition coefficient (Wildman–Crippen LogP) is 0.357. The van der Waals surface area contributed by atoms with Crippen molar-refractivity contribution in [1.29, 1.82) is 0 Å². The number of H-pyrrole nitrogens is 1. The van der Waals surface area contributed by atoms with E-state index in [0.717, 1.165) is 5.56 Å². The van der Waals surface area contributed by atoms with Gasteiger partial charge in [-0.25, -0.2) is 4.98 Å². The molecule has 0 spiro atoms. The normalized spacial score (nSPS) is 10.7. The molecule has 2 aromatic heterocycles. The number of nitrogens with two attached hydrogens (primary N) is 1. The fourth-order valence-corrected chi connectivity index (χ4v) is 1.58. The predicted molar refractivity (Wildman–Crippen MR) is 65.6 cm³/mol. The van der Waals surface area contributed by atoms with Gasteiger partial charge >= 0.3 is 0 Å². The molecule has 2 heterocycles. The van der Waals surface area contributed by atoms with Gasteiger partial charge in [-0.05, 0) is 0 Å². The smallest absolute Gasteiger partial charge is 0.280 e. The SMILES string of the molecule is Nc1nc2nnc(-c3ccccc3)nc2c(=O)[nH]1.